The molecule has 2 unspecified atom stereocenters. The largest absolute Gasteiger partial charge is 0.330 e. The number of fused-ring (bicyclic) bond motifs is 1. The van der Waals surface area contributed by atoms with Gasteiger partial charge in [0.2, 0.25) is 0 Å². The summed E-state index contributed by atoms with van der Waals surface area (Å²) in [5.74, 6) is 1.50. The minimum atomic E-state index is 0.703. The highest BCUT2D eigenvalue weighted by Gasteiger charge is 2.38. The first-order chi connectivity index (χ1) is 11.8. The summed E-state index contributed by atoms with van der Waals surface area (Å²) in [6.07, 6.45) is 4.68. The molecule has 1 fully saturated rings. The zero-order valence-electron chi connectivity index (χ0n) is 14.2. The highest BCUT2D eigenvalue weighted by molar-refractivity contribution is 5.70. The van der Waals surface area contributed by atoms with Gasteiger partial charge >= 0.3 is 0 Å². The van der Waals surface area contributed by atoms with Gasteiger partial charge in [0.05, 0.1) is 0 Å². The first-order valence-electron chi connectivity index (χ1n) is 9.09. The van der Waals surface area contributed by atoms with E-state index in [1.807, 2.05) is 0 Å². The van der Waals surface area contributed by atoms with Crippen LogP contribution in [-0.4, -0.2) is 24.5 Å². The Morgan fingerprint density at radius 3 is 2.46 bits per heavy atom. The van der Waals surface area contributed by atoms with Gasteiger partial charge in [0, 0.05) is 25.6 Å². The Hall–Kier alpha value is -1.90. The molecule has 0 radical (unpaired) electrons. The van der Waals surface area contributed by atoms with Crippen LogP contribution in [0.3, 0.4) is 0 Å². The summed E-state index contributed by atoms with van der Waals surface area (Å²) in [6.45, 7) is 4.22. The first kappa shape index (κ1) is 15.6. The Bertz CT molecular complexity index is 703. The standard InChI is InChI=1S/C22H26N2/c23-13-12-17-6-8-19(9-7-17)21-11-10-20-15-24(16-22(20)21)14-18-4-2-1-3-5-18/h1-9,11,20,22H,10,12-16,23H2. The third-order valence-electron chi connectivity index (χ3n) is 5.53. The van der Waals surface area contributed by atoms with Gasteiger partial charge < -0.3 is 5.73 Å². The lowest BCUT2D eigenvalue weighted by atomic mass is 9.90. The van der Waals surface area contributed by atoms with Crippen LogP contribution >= 0.6 is 0 Å². The zero-order chi connectivity index (χ0) is 16.4. The molecule has 2 aromatic rings. The van der Waals surface area contributed by atoms with Gasteiger partial charge in [-0.25, -0.2) is 0 Å². The Morgan fingerprint density at radius 1 is 0.917 bits per heavy atom. The molecule has 2 N–H and O–H groups in total. The van der Waals surface area contributed by atoms with Crippen molar-refractivity contribution in [3.63, 3.8) is 0 Å². The summed E-state index contributed by atoms with van der Waals surface area (Å²) in [6, 6.07) is 19.9. The van der Waals surface area contributed by atoms with E-state index in [0.717, 1.165) is 25.4 Å². The molecule has 1 saturated heterocycles. The fourth-order valence-corrected chi connectivity index (χ4v) is 4.31. The minimum absolute atomic E-state index is 0.703. The Morgan fingerprint density at radius 2 is 1.71 bits per heavy atom. The molecule has 0 amide bonds. The van der Waals surface area contributed by atoms with Crippen LogP contribution in [0.15, 0.2) is 60.7 Å². The number of likely N-dealkylation sites (tertiary alicyclic amines) is 1. The summed E-state index contributed by atoms with van der Waals surface area (Å²) in [5, 5.41) is 0. The fraction of sp³-hybridized carbons (Fsp3) is 0.364. The molecule has 1 aliphatic heterocycles. The van der Waals surface area contributed by atoms with E-state index >= 15 is 0 Å². The van der Waals surface area contributed by atoms with Crippen molar-refractivity contribution >= 4 is 5.57 Å². The monoisotopic (exact) mass is 318 g/mol. The Kier molecular flexibility index (Phi) is 4.50. The molecule has 0 saturated carbocycles. The van der Waals surface area contributed by atoms with E-state index in [1.165, 1.54) is 36.2 Å². The van der Waals surface area contributed by atoms with Crippen LogP contribution in [0.25, 0.3) is 5.57 Å². The molecular formula is C22H26N2. The van der Waals surface area contributed by atoms with Gasteiger partial charge in [0.1, 0.15) is 0 Å². The van der Waals surface area contributed by atoms with Gasteiger partial charge in [0.15, 0.2) is 0 Å². The summed E-state index contributed by atoms with van der Waals surface area (Å²) < 4.78 is 0. The maximum absolute atomic E-state index is 5.65. The molecule has 2 aliphatic rings. The lowest BCUT2D eigenvalue weighted by molar-refractivity contribution is 0.315. The lowest BCUT2D eigenvalue weighted by Crippen LogP contribution is -2.21. The third-order valence-corrected chi connectivity index (χ3v) is 5.53. The molecule has 0 aromatic heterocycles. The van der Waals surface area contributed by atoms with E-state index in [1.54, 1.807) is 5.57 Å². The van der Waals surface area contributed by atoms with E-state index in [9.17, 15) is 0 Å². The van der Waals surface area contributed by atoms with E-state index in [4.69, 9.17) is 5.73 Å². The van der Waals surface area contributed by atoms with Gasteiger partial charge in [-0.3, -0.25) is 4.90 Å². The van der Waals surface area contributed by atoms with E-state index < -0.39 is 0 Å². The Balaban J connectivity index is 1.44. The van der Waals surface area contributed by atoms with Crippen molar-refractivity contribution in [2.24, 2.45) is 17.6 Å². The highest BCUT2D eigenvalue weighted by atomic mass is 15.2. The maximum atomic E-state index is 5.65. The number of rotatable bonds is 5. The molecule has 2 atom stereocenters. The molecule has 2 nitrogen and oxygen atoms in total. The zero-order valence-corrected chi connectivity index (χ0v) is 14.2. The lowest BCUT2D eigenvalue weighted by Gasteiger charge is -2.17. The maximum Gasteiger partial charge on any atom is 0.0234 e. The highest BCUT2D eigenvalue weighted by Crippen LogP contribution is 2.43. The van der Waals surface area contributed by atoms with Crippen molar-refractivity contribution in [3.05, 3.63) is 77.4 Å². The number of nitrogens with zero attached hydrogens (tertiary/aromatic N) is 1. The average Bonchev–Trinajstić information content (AvgIpc) is 3.17. The van der Waals surface area contributed by atoms with Gasteiger partial charge in [-0.2, -0.15) is 0 Å². The van der Waals surface area contributed by atoms with Crippen LogP contribution in [0.2, 0.25) is 0 Å². The summed E-state index contributed by atoms with van der Waals surface area (Å²) in [5.41, 5.74) is 11.4. The van der Waals surface area contributed by atoms with E-state index in [0.29, 0.717) is 5.92 Å². The van der Waals surface area contributed by atoms with Crippen LogP contribution < -0.4 is 5.73 Å². The molecule has 1 aliphatic carbocycles. The summed E-state index contributed by atoms with van der Waals surface area (Å²) >= 11 is 0. The number of benzene rings is 2. The van der Waals surface area contributed by atoms with Gasteiger partial charge in [0.25, 0.3) is 0 Å². The van der Waals surface area contributed by atoms with E-state index in [2.05, 4.69) is 65.6 Å². The normalized spacial score (nSPS) is 23.3. The Labute approximate surface area is 145 Å². The van der Waals surface area contributed by atoms with Crippen LogP contribution in [0.1, 0.15) is 23.1 Å². The van der Waals surface area contributed by atoms with Crippen molar-refractivity contribution in [1.82, 2.24) is 4.90 Å². The summed E-state index contributed by atoms with van der Waals surface area (Å²) in [4.78, 5) is 2.63. The summed E-state index contributed by atoms with van der Waals surface area (Å²) in [7, 11) is 0. The predicted octanol–water partition coefficient (Wildman–Crippen LogP) is 3.72. The number of hydrogen-bond acceptors (Lipinski definition) is 2. The van der Waals surface area contributed by atoms with Crippen molar-refractivity contribution in [1.29, 1.82) is 0 Å². The van der Waals surface area contributed by atoms with Crippen molar-refractivity contribution in [2.75, 3.05) is 19.6 Å². The molecule has 0 bridgehead atoms. The van der Waals surface area contributed by atoms with Crippen LogP contribution in [0.4, 0.5) is 0 Å². The van der Waals surface area contributed by atoms with Crippen molar-refractivity contribution < 1.29 is 0 Å². The predicted molar refractivity (Wildman–Crippen MR) is 100 cm³/mol. The average molecular weight is 318 g/mol. The molecule has 4 rings (SSSR count). The van der Waals surface area contributed by atoms with Crippen molar-refractivity contribution in [3.8, 4) is 0 Å². The molecular weight excluding hydrogens is 292 g/mol. The van der Waals surface area contributed by atoms with Crippen LogP contribution in [0.5, 0.6) is 0 Å². The second kappa shape index (κ2) is 6.92. The van der Waals surface area contributed by atoms with Crippen LogP contribution in [0, 0.1) is 11.8 Å². The minimum Gasteiger partial charge on any atom is -0.330 e. The third kappa shape index (κ3) is 3.17. The molecule has 0 spiro atoms. The second-order valence-corrected chi connectivity index (χ2v) is 7.18. The quantitative estimate of drug-likeness (QED) is 0.910. The fourth-order valence-electron chi connectivity index (χ4n) is 4.31. The number of hydrogen-bond donors (Lipinski definition) is 1. The molecule has 24 heavy (non-hydrogen) atoms. The molecule has 2 aromatic carbocycles. The first-order valence-corrected chi connectivity index (χ1v) is 9.09. The molecule has 124 valence electrons. The SMILES string of the molecule is NCCc1ccc(C2=CCC3CN(Cc4ccccc4)CC23)cc1. The van der Waals surface area contributed by atoms with Gasteiger partial charge in [-0.05, 0) is 47.6 Å². The van der Waals surface area contributed by atoms with Crippen molar-refractivity contribution in [2.45, 2.75) is 19.4 Å². The smallest absolute Gasteiger partial charge is 0.0234 e. The number of nitrogens with two attached hydrogens (primary N) is 1. The topological polar surface area (TPSA) is 29.3 Å². The van der Waals surface area contributed by atoms with Gasteiger partial charge in [-0.15, -0.1) is 0 Å². The van der Waals surface area contributed by atoms with Gasteiger partial charge in [-0.1, -0.05) is 60.7 Å². The molecule has 2 heteroatoms. The van der Waals surface area contributed by atoms with E-state index in [-0.39, 0.29) is 0 Å². The number of allylic oxidation sites excluding steroid dienone is 1. The molecule has 1 heterocycles. The second-order valence-electron chi connectivity index (χ2n) is 7.18. The van der Waals surface area contributed by atoms with Crippen LogP contribution in [-0.2, 0) is 13.0 Å².